The van der Waals surface area contributed by atoms with Gasteiger partial charge >= 0.3 is 17.8 Å². The zero-order valence-corrected chi connectivity index (χ0v) is 13.2. The molecule has 0 spiro atoms. The standard InChI is InChI=1S/C14H15F3N4O5/c15-14(16,17)12(24)19-3-1-2-7-5-21(13(25)20-10(7)18)11-9(23)4-8(6-22)26-11/h5,8-9,11,22-23H,3-4,6H2,(H,19,24)(H2,18,20,25)/t8-,9?,11+/m0/s1. The quantitative estimate of drug-likeness (QED) is 0.471. The molecular formula is C14H15F3N4O5. The lowest BCUT2D eigenvalue weighted by Gasteiger charge is -2.17. The Balaban J connectivity index is 2.18. The second kappa shape index (κ2) is 7.73. The third-order valence-corrected chi connectivity index (χ3v) is 3.44. The van der Waals surface area contributed by atoms with Gasteiger partial charge in [0.1, 0.15) is 11.9 Å². The van der Waals surface area contributed by atoms with Crippen molar-refractivity contribution in [1.82, 2.24) is 14.9 Å². The number of nitrogens with two attached hydrogens (primary N) is 1. The van der Waals surface area contributed by atoms with E-state index in [1.165, 1.54) is 0 Å². The smallest absolute Gasteiger partial charge is 0.394 e. The van der Waals surface area contributed by atoms with Gasteiger partial charge in [-0.05, 0) is 0 Å². The van der Waals surface area contributed by atoms with Crippen LogP contribution >= 0.6 is 0 Å². The van der Waals surface area contributed by atoms with Crippen molar-refractivity contribution in [2.24, 2.45) is 0 Å². The van der Waals surface area contributed by atoms with Crippen molar-refractivity contribution in [2.75, 3.05) is 18.9 Å². The third-order valence-electron chi connectivity index (χ3n) is 3.44. The van der Waals surface area contributed by atoms with Gasteiger partial charge in [-0.25, -0.2) is 4.79 Å². The van der Waals surface area contributed by atoms with Crippen molar-refractivity contribution in [1.29, 1.82) is 0 Å². The fraction of sp³-hybridized carbons (Fsp3) is 0.500. The number of ether oxygens (including phenoxy) is 1. The number of nitrogen functional groups attached to an aromatic ring is 1. The molecule has 1 amide bonds. The maximum absolute atomic E-state index is 12.0. The van der Waals surface area contributed by atoms with Crippen LogP contribution in [0.1, 0.15) is 18.2 Å². The highest BCUT2D eigenvalue weighted by Crippen LogP contribution is 2.27. The van der Waals surface area contributed by atoms with Crippen LogP contribution < -0.4 is 16.7 Å². The van der Waals surface area contributed by atoms with Crippen molar-refractivity contribution in [2.45, 2.75) is 31.0 Å². The van der Waals surface area contributed by atoms with E-state index >= 15 is 0 Å². The van der Waals surface area contributed by atoms with Gasteiger partial charge in [0.05, 0.1) is 24.8 Å². The van der Waals surface area contributed by atoms with Gasteiger partial charge in [-0.2, -0.15) is 18.2 Å². The molecule has 1 aromatic rings. The number of aliphatic hydroxyl groups excluding tert-OH is 2. The molecule has 26 heavy (non-hydrogen) atoms. The number of amides is 1. The number of hydrogen-bond donors (Lipinski definition) is 4. The predicted molar refractivity (Wildman–Crippen MR) is 80.5 cm³/mol. The Kier molecular flexibility index (Phi) is 5.86. The number of hydrogen-bond acceptors (Lipinski definition) is 7. The minimum Gasteiger partial charge on any atom is -0.394 e. The second-order valence-electron chi connectivity index (χ2n) is 5.35. The van der Waals surface area contributed by atoms with Crippen LogP contribution in [0.4, 0.5) is 19.0 Å². The minimum atomic E-state index is -5.02. The number of nitrogens with zero attached hydrogens (tertiary/aromatic N) is 2. The monoisotopic (exact) mass is 376 g/mol. The van der Waals surface area contributed by atoms with Crippen LogP contribution in [-0.2, 0) is 9.53 Å². The molecule has 9 nitrogen and oxygen atoms in total. The van der Waals surface area contributed by atoms with E-state index in [4.69, 9.17) is 15.6 Å². The lowest BCUT2D eigenvalue weighted by Crippen LogP contribution is -2.36. The van der Waals surface area contributed by atoms with E-state index in [9.17, 15) is 27.9 Å². The molecule has 2 heterocycles. The molecule has 1 saturated heterocycles. The lowest BCUT2D eigenvalue weighted by atomic mass is 10.2. The molecule has 1 aromatic heterocycles. The number of carbonyl (C=O) groups excluding carboxylic acids is 1. The van der Waals surface area contributed by atoms with Gasteiger partial charge in [-0.15, -0.1) is 0 Å². The summed E-state index contributed by atoms with van der Waals surface area (Å²) in [6.45, 7) is -0.956. The highest BCUT2D eigenvalue weighted by Gasteiger charge is 2.38. The van der Waals surface area contributed by atoms with E-state index in [2.05, 4.69) is 16.8 Å². The van der Waals surface area contributed by atoms with Crippen LogP contribution in [0, 0.1) is 11.8 Å². The van der Waals surface area contributed by atoms with Gasteiger partial charge in [-0.1, -0.05) is 11.8 Å². The topological polar surface area (TPSA) is 140 Å². The average Bonchev–Trinajstić information content (AvgIpc) is 2.93. The Hall–Kier alpha value is -2.62. The number of rotatable bonds is 3. The Morgan fingerprint density at radius 1 is 1.54 bits per heavy atom. The summed E-state index contributed by atoms with van der Waals surface area (Å²) in [5, 5.41) is 20.6. The number of alkyl halides is 3. The van der Waals surface area contributed by atoms with Crippen LogP contribution in [0.15, 0.2) is 11.0 Å². The summed E-state index contributed by atoms with van der Waals surface area (Å²) in [7, 11) is 0. The van der Waals surface area contributed by atoms with Crippen LogP contribution in [0.25, 0.3) is 0 Å². The zero-order chi connectivity index (χ0) is 19.5. The summed E-state index contributed by atoms with van der Waals surface area (Å²) in [6, 6.07) is 0. The molecule has 0 aromatic carbocycles. The highest BCUT2D eigenvalue weighted by molar-refractivity contribution is 5.81. The molecule has 0 saturated carbocycles. The van der Waals surface area contributed by atoms with Gasteiger partial charge in [0.15, 0.2) is 6.23 Å². The number of halogens is 3. The molecule has 2 rings (SSSR count). The number of aromatic nitrogens is 2. The van der Waals surface area contributed by atoms with Crippen molar-refractivity contribution in [3.05, 3.63) is 22.2 Å². The van der Waals surface area contributed by atoms with Gasteiger partial charge in [0.2, 0.25) is 0 Å². The Morgan fingerprint density at radius 3 is 2.81 bits per heavy atom. The molecule has 0 bridgehead atoms. The van der Waals surface area contributed by atoms with Gasteiger partial charge in [0.25, 0.3) is 0 Å². The molecule has 1 fully saturated rings. The van der Waals surface area contributed by atoms with Crippen molar-refractivity contribution in [3.8, 4) is 11.8 Å². The normalized spacial score (nSPS) is 22.6. The highest BCUT2D eigenvalue weighted by atomic mass is 19.4. The van der Waals surface area contributed by atoms with Crippen LogP contribution in [-0.4, -0.2) is 57.2 Å². The number of carbonyl (C=O) groups is 1. The summed E-state index contributed by atoms with van der Waals surface area (Å²) in [5.41, 5.74) is 4.71. The fourth-order valence-electron chi connectivity index (χ4n) is 2.22. The number of anilines is 1. The third kappa shape index (κ3) is 4.51. The molecule has 1 unspecified atom stereocenters. The van der Waals surface area contributed by atoms with E-state index in [0.29, 0.717) is 0 Å². The Labute approximate surface area is 144 Å². The fourth-order valence-corrected chi connectivity index (χ4v) is 2.22. The summed E-state index contributed by atoms with van der Waals surface area (Å²) in [6.07, 6.45) is -6.64. The van der Waals surface area contributed by atoms with E-state index in [0.717, 1.165) is 10.8 Å². The minimum absolute atomic E-state index is 0.00546. The maximum Gasteiger partial charge on any atom is 0.471 e. The van der Waals surface area contributed by atoms with E-state index in [-0.39, 0.29) is 24.4 Å². The number of aliphatic hydroxyl groups is 2. The molecule has 3 atom stereocenters. The van der Waals surface area contributed by atoms with Crippen molar-refractivity contribution in [3.63, 3.8) is 0 Å². The van der Waals surface area contributed by atoms with Gasteiger partial charge < -0.3 is 26.0 Å². The first-order valence-electron chi connectivity index (χ1n) is 7.30. The van der Waals surface area contributed by atoms with E-state index < -0.39 is 42.8 Å². The molecule has 142 valence electrons. The number of nitrogens with one attached hydrogen (secondary N) is 1. The lowest BCUT2D eigenvalue weighted by molar-refractivity contribution is -0.173. The molecule has 1 aliphatic rings. The first-order chi connectivity index (χ1) is 12.1. The summed E-state index contributed by atoms with van der Waals surface area (Å²) < 4.78 is 42.4. The van der Waals surface area contributed by atoms with Crippen molar-refractivity contribution < 1.29 is 32.9 Å². The predicted octanol–water partition coefficient (Wildman–Crippen LogP) is -1.50. The Bertz CT molecular complexity index is 798. The molecule has 1 aliphatic heterocycles. The van der Waals surface area contributed by atoms with Gasteiger partial charge in [0, 0.05) is 12.6 Å². The van der Waals surface area contributed by atoms with Crippen LogP contribution in [0.3, 0.4) is 0 Å². The maximum atomic E-state index is 12.0. The molecule has 0 aliphatic carbocycles. The second-order valence-corrected chi connectivity index (χ2v) is 5.35. The van der Waals surface area contributed by atoms with E-state index in [1.54, 1.807) is 5.32 Å². The molecule has 12 heteroatoms. The molecule has 0 radical (unpaired) electrons. The summed E-state index contributed by atoms with van der Waals surface area (Å²) in [4.78, 5) is 26.1. The van der Waals surface area contributed by atoms with E-state index in [1.807, 2.05) is 0 Å². The summed E-state index contributed by atoms with van der Waals surface area (Å²) >= 11 is 0. The first kappa shape index (κ1) is 19.7. The summed E-state index contributed by atoms with van der Waals surface area (Å²) in [5.74, 6) is 2.23. The zero-order valence-electron chi connectivity index (χ0n) is 13.2. The van der Waals surface area contributed by atoms with Crippen LogP contribution in [0.2, 0.25) is 0 Å². The SMILES string of the molecule is Nc1nc(=O)n([C@@H]2O[C@H](CO)CC2O)cc1C#CCNC(=O)C(F)(F)F. The average molecular weight is 376 g/mol. The first-order valence-corrected chi connectivity index (χ1v) is 7.30. The van der Waals surface area contributed by atoms with Crippen LogP contribution in [0.5, 0.6) is 0 Å². The largest absolute Gasteiger partial charge is 0.471 e. The Morgan fingerprint density at radius 2 is 2.23 bits per heavy atom. The molecular weight excluding hydrogens is 361 g/mol. The van der Waals surface area contributed by atoms with Crippen molar-refractivity contribution >= 4 is 11.7 Å². The van der Waals surface area contributed by atoms with Gasteiger partial charge in [-0.3, -0.25) is 9.36 Å². The molecule has 5 N–H and O–H groups in total.